The summed E-state index contributed by atoms with van der Waals surface area (Å²) in [5, 5.41) is 5.85. The van der Waals surface area contributed by atoms with E-state index in [2.05, 4.69) is 29.3 Å². The Morgan fingerprint density at radius 1 is 1.23 bits per heavy atom. The van der Waals surface area contributed by atoms with Crippen LogP contribution in [-0.2, 0) is 0 Å². The number of thiocarbonyl (C=S) groups is 1. The highest BCUT2D eigenvalue weighted by atomic mass is 32.2. The lowest BCUT2D eigenvalue weighted by molar-refractivity contribution is 0.326. The molecule has 0 radical (unpaired) electrons. The van der Waals surface area contributed by atoms with Gasteiger partial charge in [-0.05, 0) is 37.2 Å². The molecule has 1 aromatic carbocycles. The van der Waals surface area contributed by atoms with Crippen LogP contribution in [0.2, 0.25) is 0 Å². The minimum absolute atomic E-state index is 0.494. The lowest BCUT2D eigenvalue weighted by atomic mass is 9.95. The van der Waals surface area contributed by atoms with Crippen LogP contribution in [0.25, 0.3) is 0 Å². The average molecular weight is 334 g/mol. The third-order valence-electron chi connectivity index (χ3n) is 4.18. The summed E-state index contributed by atoms with van der Waals surface area (Å²) >= 11 is 7.59. The second kappa shape index (κ2) is 7.47. The Morgan fingerprint density at radius 2 is 1.95 bits per heavy atom. The molecule has 1 aromatic rings. The van der Waals surface area contributed by atoms with E-state index in [9.17, 15) is 0 Å². The van der Waals surface area contributed by atoms with Gasteiger partial charge in [0.2, 0.25) is 0 Å². The van der Waals surface area contributed by atoms with Crippen LogP contribution in [0.15, 0.2) is 35.3 Å². The number of hydrogen-bond donors (Lipinski definition) is 1. The second-order valence-electron chi connectivity index (χ2n) is 6.01. The Labute approximate surface area is 142 Å². The maximum atomic E-state index is 5.73. The fraction of sp³-hybridized carbons (Fsp3) is 0.529. The van der Waals surface area contributed by atoms with Crippen molar-refractivity contribution < 1.29 is 0 Å². The monoisotopic (exact) mass is 333 g/mol. The summed E-state index contributed by atoms with van der Waals surface area (Å²) in [6, 6.07) is 10.7. The van der Waals surface area contributed by atoms with Crippen LogP contribution in [0.3, 0.4) is 0 Å². The average Bonchev–Trinajstić information content (AvgIpc) is 2.95. The molecule has 0 unspecified atom stereocenters. The van der Waals surface area contributed by atoms with Crippen LogP contribution in [-0.4, -0.2) is 33.0 Å². The molecule has 0 aromatic heterocycles. The molecule has 0 amide bonds. The predicted molar refractivity (Wildman–Crippen MR) is 101 cm³/mol. The van der Waals surface area contributed by atoms with Crippen molar-refractivity contribution in [2.45, 2.75) is 50.3 Å². The van der Waals surface area contributed by atoms with E-state index in [1.807, 2.05) is 30.0 Å². The maximum Gasteiger partial charge on any atom is 0.179 e. The van der Waals surface area contributed by atoms with Crippen LogP contribution in [0.5, 0.6) is 0 Å². The van der Waals surface area contributed by atoms with E-state index in [0.717, 1.165) is 22.5 Å². The van der Waals surface area contributed by atoms with Gasteiger partial charge in [-0.2, -0.15) is 0 Å². The Bertz CT molecular complexity index is 538. The van der Waals surface area contributed by atoms with Gasteiger partial charge >= 0.3 is 0 Å². The minimum Gasteiger partial charge on any atom is -0.332 e. The largest absolute Gasteiger partial charge is 0.332 e. The molecular weight excluding hydrogens is 310 g/mol. The van der Waals surface area contributed by atoms with E-state index in [-0.39, 0.29) is 0 Å². The van der Waals surface area contributed by atoms with Gasteiger partial charge in [0.1, 0.15) is 0 Å². The van der Waals surface area contributed by atoms with Gasteiger partial charge in [-0.15, -0.1) is 0 Å². The number of hydrogen-bond acceptors (Lipinski definition) is 3. The summed E-state index contributed by atoms with van der Waals surface area (Å²) in [5.74, 6) is 0. The van der Waals surface area contributed by atoms with Gasteiger partial charge in [0.25, 0.3) is 0 Å². The molecule has 0 bridgehead atoms. The first-order valence-corrected chi connectivity index (χ1v) is 9.39. The van der Waals surface area contributed by atoms with Crippen molar-refractivity contribution in [1.82, 2.24) is 4.90 Å². The summed E-state index contributed by atoms with van der Waals surface area (Å²) < 4.78 is 0. The molecule has 1 fully saturated rings. The molecule has 0 spiro atoms. The molecule has 1 heterocycles. The van der Waals surface area contributed by atoms with Crippen molar-refractivity contribution in [3.05, 3.63) is 30.3 Å². The van der Waals surface area contributed by atoms with Gasteiger partial charge in [-0.1, -0.05) is 56.1 Å². The first-order valence-electron chi connectivity index (χ1n) is 8.10. The van der Waals surface area contributed by atoms with Crippen LogP contribution >= 0.6 is 24.0 Å². The summed E-state index contributed by atoms with van der Waals surface area (Å²) in [6.45, 7) is 3.13. The summed E-state index contributed by atoms with van der Waals surface area (Å²) in [4.78, 5) is 7.02. The summed E-state index contributed by atoms with van der Waals surface area (Å²) in [6.07, 6.45) is 6.36. The molecule has 22 heavy (non-hydrogen) atoms. The van der Waals surface area contributed by atoms with Crippen molar-refractivity contribution in [1.29, 1.82) is 0 Å². The molecular formula is C17H23N3S2. The van der Waals surface area contributed by atoms with E-state index in [0.29, 0.717) is 11.3 Å². The van der Waals surface area contributed by atoms with E-state index < -0.39 is 0 Å². The second-order valence-corrected chi connectivity index (χ2v) is 7.80. The van der Waals surface area contributed by atoms with Gasteiger partial charge in [-0.25, -0.2) is 0 Å². The molecule has 1 N–H and O–H groups in total. The first-order chi connectivity index (χ1) is 10.7. The SMILES string of the molecule is C[C@@H]1CN=C(N(C(=S)Nc2ccccc2)C2CCCCC2)S1. The Hall–Kier alpha value is -1.07. The maximum absolute atomic E-state index is 5.73. The number of benzene rings is 1. The van der Waals surface area contributed by atoms with Crippen molar-refractivity contribution >= 4 is 39.9 Å². The standard InChI is InChI=1S/C17H23N3S2/c1-13-12-18-17(22-13)20(15-10-6-3-7-11-15)16(21)19-14-8-4-2-5-9-14/h2,4-5,8-9,13,15H,3,6-7,10-12H2,1H3,(H,19,21)/t13-/m1/s1. The third kappa shape index (κ3) is 3.82. The highest BCUT2D eigenvalue weighted by Crippen LogP contribution is 2.30. The Morgan fingerprint density at radius 3 is 2.59 bits per heavy atom. The van der Waals surface area contributed by atoms with Crippen LogP contribution in [0, 0.1) is 0 Å². The van der Waals surface area contributed by atoms with Crippen molar-refractivity contribution in [3.8, 4) is 0 Å². The quantitative estimate of drug-likeness (QED) is 0.806. The number of rotatable bonds is 2. The first kappa shape index (κ1) is 15.8. The molecule has 0 saturated heterocycles. The van der Waals surface area contributed by atoms with E-state index >= 15 is 0 Å². The number of thioether (sulfide) groups is 1. The zero-order valence-corrected chi connectivity index (χ0v) is 14.6. The number of aliphatic imine (C=N–C) groups is 1. The summed E-state index contributed by atoms with van der Waals surface area (Å²) in [7, 11) is 0. The lowest BCUT2D eigenvalue weighted by Gasteiger charge is -2.35. The molecule has 118 valence electrons. The number of anilines is 1. The van der Waals surface area contributed by atoms with Crippen LogP contribution in [0.1, 0.15) is 39.0 Å². The molecule has 3 rings (SSSR count). The van der Waals surface area contributed by atoms with Gasteiger partial charge in [0.05, 0.1) is 6.54 Å². The lowest BCUT2D eigenvalue weighted by Crippen LogP contribution is -2.46. The number of nitrogens with zero attached hydrogens (tertiary/aromatic N) is 2. The number of para-hydroxylation sites is 1. The molecule has 2 aliphatic rings. The summed E-state index contributed by atoms with van der Waals surface area (Å²) in [5.41, 5.74) is 1.05. The fourth-order valence-electron chi connectivity index (χ4n) is 3.05. The van der Waals surface area contributed by atoms with E-state index in [1.165, 1.54) is 32.1 Å². The molecule has 1 aliphatic carbocycles. The number of nitrogens with one attached hydrogen (secondary N) is 1. The molecule has 3 nitrogen and oxygen atoms in total. The molecule has 1 saturated carbocycles. The molecule has 1 aliphatic heterocycles. The van der Waals surface area contributed by atoms with Crippen molar-refractivity contribution in [2.24, 2.45) is 4.99 Å². The van der Waals surface area contributed by atoms with E-state index in [4.69, 9.17) is 17.2 Å². The zero-order chi connectivity index (χ0) is 15.4. The Balaban J connectivity index is 1.76. The van der Waals surface area contributed by atoms with Crippen LogP contribution in [0.4, 0.5) is 5.69 Å². The minimum atomic E-state index is 0.494. The van der Waals surface area contributed by atoms with Gasteiger partial charge < -0.3 is 5.32 Å². The number of amidine groups is 1. The smallest absolute Gasteiger partial charge is 0.179 e. The topological polar surface area (TPSA) is 27.6 Å². The Kier molecular flexibility index (Phi) is 5.37. The highest BCUT2D eigenvalue weighted by Gasteiger charge is 2.30. The van der Waals surface area contributed by atoms with Crippen LogP contribution < -0.4 is 5.32 Å². The van der Waals surface area contributed by atoms with Gasteiger partial charge in [0, 0.05) is 17.0 Å². The predicted octanol–water partition coefficient (Wildman–Crippen LogP) is 4.51. The van der Waals surface area contributed by atoms with Crippen molar-refractivity contribution in [2.75, 3.05) is 11.9 Å². The molecule has 5 heteroatoms. The third-order valence-corrected chi connectivity index (χ3v) is 5.57. The van der Waals surface area contributed by atoms with Gasteiger partial charge in [0.15, 0.2) is 10.3 Å². The molecule has 1 atom stereocenters. The fourth-order valence-corrected chi connectivity index (χ4v) is 4.47. The highest BCUT2D eigenvalue weighted by molar-refractivity contribution is 8.14. The zero-order valence-electron chi connectivity index (χ0n) is 13.0. The van der Waals surface area contributed by atoms with Crippen molar-refractivity contribution in [3.63, 3.8) is 0 Å². The van der Waals surface area contributed by atoms with Gasteiger partial charge in [-0.3, -0.25) is 9.89 Å². The normalized spacial score (nSPS) is 22.2. The van der Waals surface area contributed by atoms with E-state index in [1.54, 1.807) is 0 Å².